The molecule has 2 rings (SSSR count). The minimum atomic E-state index is -0.0259. The van der Waals surface area contributed by atoms with E-state index >= 15 is 0 Å². The molecule has 1 aromatic heterocycles. The van der Waals surface area contributed by atoms with Crippen LogP contribution in [0.2, 0.25) is 0 Å². The van der Waals surface area contributed by atoms with Crippen LogP contribution in [0.3, 0.4) is 0 Å². The topological polar surface area (TPSA) is 77.2 Å². The number of rotatable bonds is 6. The summed E-state index contributed by atoms with van der Waals surface area (Å²) in [6, 6.07) is 7.55. The Balaban J connectivity index is 2.03. The predicted octanol–water partition coefficient (Wildman–Crippen LogP) is 2.20. The molecule has 0 aliphatic heterocycles. The molecule has 21 heavy (non-hydrogen) atoms. The van der Waals surface area contributed by atoms with Gasteiger partial charge >= 0.3 is 0 Å². The Labute approximate surface area is 123 Å². The van der Waals surface area contributed by atoms with Gasteiger partial charge in [-0.3, -0.25) is 4.79 Å². The van der Waals surface area contributed by atoms with Crippen molar-refractivity contribution in [3.63, 3.8) is 0 Å². The number of amides is 1. The van der Waals surface area contributed by atoms with Gasteiger partial charge in [0, 0.05) is 18.9 Å². The number of nitrogens with zero attached hydrogens (tertiary/aromatic N) is 2. The van der Waals surface area contributed by atoms with E-state index in [1.165, 1.54) is 0 Å². The highest BCUT2D eigenvalue weighted by Crippen LogP contribution is 2.28. The molecule has 1 N–H and O–H groups in total. The van der Waals surface area contributed by atoms with Crippen molar-refractivity contribution in [3.05, 3.63) is 30.2 Å². The second-order valence-electron chi connectivity index (χ2n) is 4.92. The summed E-state index contributed by atoms with van der Waals surface area (Å²) in [7, 11) is 1.59. The molecule has 0 atom stereocenters. The summed E-state index contributed by atoms with van der Waals surface area (Å²) in [4.78, 5) is 11.6. The summed E-state index contributed by atoms with van der Waals surface area (Å²) in [5.74, 6) is 1.48. The van der Waals surface area contributed by atoms with Gasteiger partial charge in [0.1, 0.15) is 5.75 Å². The van der Waals surface area contributed by atoms with E-state index in [0.717, 1.165) is 5.56 Å². The second kappa shape index (κ2) is 6.88. The van der Waals surface area contributed by atoms with Gasteiger partial charge in [-0.05, 0) is 26.0 Å². The minimum absolute atomic E-state index is 0.0259. The number of aromatic nitrogens is 2. The summed E-state index contributed by atoms with van der Waals surface area (Å²) >= 11 is 0. The van der Waals surface area contributed by atoms with Crippen LogP contribution in [0, 0.1) is 0 Å². The molecule has 0 spiro atoms. The van der Waals surface area contributed by atoms with Crippen LogP contribution < -0.4 is 10.1 Å². The van der Waals surface area contributed by atoms with Crippen molar-refractivity contribution in [2.24, 2.45) is 0 Å². The van der Waals surface area contributed by atoms with E-state index in [-0.39, 0.29) is 11.9 Å². The Hall–Kier alpha value is -2.37. The van der Waals surface area contributed by atoms with Crippen LogP contribution in [-0.4, -0.2) is 29.3 Å². The molecule has 0 aliphatic rings. The van der Waals surface area contributed by atoms with Gasteiger partial charge < -0.3 is 14.5 Å². The Morgan fingerprint density at radius 1 is 1.33 bits per heavy atom. The van der Waals surface area contributed by atoms with Crippen LogP contribution in [0.4, 0.5) is 0 Å². The molecule has 1 heterocycles. The third-order valence-electron chi connectivity index (χ3n) is 2.82. The zero-order chi connectivity index (χ0) is 15.2. The number of nitrogens with one attached hydrogen (secondary N) is 1. The summed E-state index contributed by atoms with van der Waals surface area (Å²) in [5, 5.41) is 10.8. The number of hydrogen-bond donors (Lipinski definition) is 1. The highest BCUT2D eigenvalue weighted by Gasteiger charge is 2.14. The van der Waals surface area contributed by atoms with Crippen molar-refractivity contribution < 1.29 is 13.9 Å². The molecule has 0 saturated heterocycles. The smallest absolute Gasteiger partial charge is 0.251 e. The number of hydrogen-bond acceptors (Lipinski definition) is 5. The number of benzene rings is 1. The highest BCUT2D eigenvalue weighted by atomic mass is 16.5. The molecular weight excluding hydrogens is 270 g/mol. The van der Waals surface area contributed by atoms with Crippen LogP contribution in [0.1, 0.15) is 26.2 Å². The van der Waals surface area contributed by atoms with Crippen LogP contribution >= 0.6 is 0 Å². The van der Waals surface area contributed by atoms with Crippen molar-refractivity contribution in [1.29, 1.82) is 0 Å². The van der Waals surface area contributed by atoms with Gasteiger partial charge in [-0.1, -0.05) is 12.1 Å². The van der Waals surface area contributed by atoms with E-state index in [0.29, 0.717) is 30.4 Å². The Kier molecular flexibility index (Phi) is 4.92. The van der Waals surface area contributed by atoms with E-state index in [9.17, 15) is 4.79 Å². The lowest BCUT2D eigenvalue weighted by Gasteiger charge is -2.06. The molecule has 2 aromatic rings. The fourth-order valence-corrected chi connectivity index (χ4v) is 1.90. The molecule has 0 saturated carbocycles. The lowest BCUT2D eigenvalue weighted by atomic mass is 10.2. The van der Waals surface area contributed by atoms with E-state index < -0.39 is 0 Å². The molecule has 0 aliphatic carbocycles. The maximum atomic E-state index is 11.6. The molecule has 1 amide bonds. The molecule has 1 aromatic carbocycles. The zero-order valence-electron chi connectivity index (χ0n) is 12.4. The Morgan fingerprint density at radius 2 is 2.10 bits per heavy atom. The SMILES string of the molecule is COc1ccccc1-c1nnc(CCC(=O)NC(C)C)o1. The predicted molar refractivity (Wildman–Crippen MR) is 77.9 cm³/mol. The third-order valence-corrected chi connectivity index (χ3v) is 2.82. The Bertz CT molecular complexity index is 608. The maximum Gasteiger partial charge on any atom is 0.251 e. The maximum absolute atomic E-state index is 11.6. The molecule has 0 bridgehead atoms. The number of carbonyl (C=O) groups is 1. The van der Waals surface area contributed by atoms with Gasteiger partial charge in [0.05, 0.1) is 12.7 Å². The summed E-state index contributed by atoms with van der Waals surface area (Å²) in [6.45, 7) is 3.84. The number of aryl methyl sites for hydroxylation is 1. The van der Waals surface area contributed by atoms with E-state index in [4.69, 9.17) is 9.15 Å². The van der Waals surface area contributed by atoms with Gasteiger partial charge in [-0.2, -0.15) is 0 Å². The average Bonchev–Trinajstić information content (AvgIpc) is 2.93. The molecule has 6 nitrogen and oxygen atoms in total. The number of carbonyl (C=O) groups excluding carboxylic acids is 1. The molecule has 0 radical (unpaired) electrons. The van der Waals surface area contributed by atoms with Gasteiger partial charge in [0.25, 0.3) is 5.89 Å². The number of para-hydroxylation sites is 1. The third kappa shape index (κ3) is 4.05. The van der Waals surface area contributed by atoms with Crippen LogP contribution in [-0.2, 0) is 11.2 Å². The van der Waals surface area contributed by atoms with Crippen molar-refractivity contribution in [1.82, 2.24) is 15.5 Å². The average molecular weight is 289 g/mol. The van der Waals surface area contributed by atoms with Crippen molar-refractivity contribution in [3.8, 4) is 17.2 Å². The quantitative estimate of drug-likeness (QED) is 0.882. The summed E-state index contributed by atoms with van der Waals surface area (Å²) in [5.41, 5.74) is 0.741. The first-order valence-corrected chi connectivity index (χ1v) is 6.85. The first-order chi connectivity index (χ1) is 10.1. The van der Waals surface area contributed by atoms with Gasteiger partial charge in [0.15, 0.2) is 0 Å². The second-order valence-corrected chi connectivity index (χ2v) is 4.92. The normalized spacial score (nSPS) is 10.7. The van der Waals surface area contributed by atoms with Crippen LogP contribution in [0.15, 0.2) is 28.7 Å². The molecule has 0 fully saturated rings. The van der Waals surface area contributed by atoms with E-state index in [1.54, 1.807) is 7.11 Å². The van der Waals surface area contributed by atoms with Gasteiger partial charge in [-0.15, -0.1) is 10.2 Å². The summed E-state index contributed by atoms with van der Waals surface area (Å²) in [6.07, 6.45) is 0.743. The highest BCUT2D eigenvalue weighted by molar-refractivity contribution is 5.76. The lowest BCUT2D eigenvalue weighted by molar-refractivity contribution is -0.121. The molecular formula is C15H19N3O3. The summed E-state index contributed by atoms with van der Waals surface area (Å²) < 4.78 is 10.8. The Morgan fingerprint density at radius 3 is 2.81 bits per heavy atom. The standard InChI is InChI=1S/C15H19N3O3/c1-10(2)16-13(19)8-9-14-17-18-15(21-14)11-6-4-5-7-12(11)20-3/h4-7,10H,8-9H2,1-3H3,(H,16,19). The van der Waals surface area contributed by atoms with Crippen molar-refractivity contribution in [2.45, 2.75) is 32.7 Å². The molecule has 0 unspecified atom stereocenters. The van der Waals surface area contributed by atoms with Crippen LogP contribution in [0.5, 0.6) is 5.75 Å². The number of ether oxygens (including phenoxy) is 1. The van der Waals surface area contributed by atoms with Gasteiger partial charge in [-0.25, -0.2) is 0 Å². The first-order valence-electron chi connectivity index (χ1n) is 6.85. The van der Waals surface area contributed by atoms with E-state index in [1.807, 2.05) is 38.1 Å². The van der Waals surface area contributed by atoms with Crippen LogP contribution in [0.25, 0.3) is 11.5 Å². The fraction of sp³-hybridized carbons (Fsp3) is 0.400. The van der Waals surface area contributed by atoms with Crippen molar-refractivity contribution in [2.75, 3.05) is 7.11 Å². The van der Waals surface area contributed by atoms with Gasteiger partial charge in [0.2, 0.25) is 11.8 Å². The molecule has 6 heteroatoms. The van der Waals surface area contributed by atoms with Crippen molar-refractivity contribution >= 4 is 5.91 Å². The van der Waals surface area contributed by atoms with E-state index in [2.05, 4.69) is 15.5 Å². The lowest BCUT2D eigenvalue weighted by Crippen LogP contribution is -2.30. The molecule has 112 valence electrons. The minimum Gasteiger partial charge on any atom is -0.496 e. The number of methoxy groups -OCH3 is 1. The monoisotopic (exact) mass is 289 g/mol. The largest absolute Gasteiger partial charge is 0.496 e. The zero-order valence-corrected chi connectivity index (χ0v) is 12.4. The fourth-order valence-electron chi connectivity index (χ4n) is 1.90. The first kappa shape index (κ1) is 15.0.